The summed E-state index contributed by atoms with van der Waals surface area (Å²) in [5, 5.41) is 4.60. The van der Waals surface area contributed by atoms with Crippen LogP contribution in [0.5, 0.6) is 0 Å². The average molecular weight is 240 g/mol. The SMILES string of the molecule is NC(Cn1cc(Cl)cn1)c1ccc(F)cc1. The molecule has 2 rings (SSSR count). The van der Waals surface area contributed by atoms with Crippen molar-refractivity contribution in [3.05, 3.63) is 53.1 Å². The first-order valence-corrected chi connectivity index (χ1v) is 5.22. The van der Waals surface area contributed by atoms with Crippen molar-refractivity contribution in [2.24, 2.45) is 5.73 Å². The summed E-state index contributed by atoms with van der Waals surface area (Å²) in [4.78, 5) is 0. The highest BCUT2D eigenvalue weighted by Crippen LogP contribution is 2.14. The molecule has 0 amide bonds. The van der Waals surface area contributed by atoms with Crippen LogP contribution in [-0.4, -0.2) is 9.78 Å². The fraction of sp³-hybridized carbons (Fsp3) is 0.182. The Morgan fingerprint density at radius 3 is 2.62 bits per heavy atom. The topological polar surface area (TPSA) is 43.8 Å². The minimum absolute atomic E-state index is 0.225. The van der Waals surface area contributed by atoms with Crippen LogP contribution in [0.25, 0.3) is 0 Å². The van der Waals surface area contributed by atoms with Crippen LogP contribution in [0.4, 0.5) is 4.39 Å². The van der Waals surface area contributed by atoms with Crippen LogP contribution in [0.2, 0.25) is 5.02 Å². The molecule has 0 aliphatic carbocycles. The molecule has 16 heavy (non-hydrogen) atoms. The van der Waals surface area contributed by atoms with Gasteiger partial charge >= 0.3 is 0 Å². The molecule has 0 radical (unpaired) electrons. The van der Waals surface area contributed by atoms with Gasteiger partial charge in [-0.15, -0.1) is 0 Å². The average Bonchev–Trinajstić information content (AvgIpc) is 2.65. The van der Waals surface area contributed by atoms with E-state index >= 15 is 0 Å². The third kappa shape index (κ3) is 2.59. The number of nitrogens with two attached hydrogens (primary N) is 1. The number of rotatable bonds is 3. The molecule has 0 saturated carbocycles. The van der Waals surface area contributed by atoms with E-state index in [1.54, 1.807) is 29.2 Å². The quantitative estimate of drug-likeness (QED) is 0.894. The van der Waals surface area contributed by atoms with Crippen molar-refractivity contribution in [3.63, 3.8) is 0 Å². The smallest absolute Gasteiger partial charge is 0.123 e. The minimum atomic E-state index is -0.266. The van der Waals surface area contributed by atoms with Gasteiger partial charge in [0, 0.05) is 12.2 Å². The Bertz CT molecular complexity index is 466. The molecule has 1 heterocycles. The fourth-order valence-corrected chi connectivity index (χ4v) is 1.61. The lowest BCUT2D eigenvalue weighted by atomic mass is 10.1. The van der Waals surface area contributed by atoms with Gasteiger partial charge in [0.2, 0.25) is 0 Å². The minimum Gasteiger partial charge on any atom is -0.322 e. The normalized spacial score (nSPS) is 12.7. The molecule has 2 aromatic rings. The Morgan fingerprint density at radius 1 is 1.38 bits per heavy atom. The molecule has 3 nitrogen and oxygen atoms in total. The van der Waals surface area contributed by atoms with Gasteiger partial charge in [-0.2, -0.15) is 5.10 Å². The van der Waals surface area contributed by atoms with Crippen LogP contribution in [0.15, 0.2) is 36.7 Å². The van der Waals surface area contributed by atoms with Crippen LogP contribution in [0, 0.1) is 5.82 Å². The van der Waals surface area contributed by atoms with Crippen molar-refractivity contribution in [1.82, 2.24) is 9.78 Å². The van der Waals surface area contributed by atoms with E-state index in [0.29, 0.717) is 11.6 Å². The molecular weight excluding hydrogens is 229 g/mol. The summed E-state index contributed by atoms with van der Waals surface area (Å²) in [7, 11) is 0. The van der Waals surface area contributed by atoms with Gasteiger partial charge in [-0.3, -0.25) is 4.68 Å². The standard InChI is InChI=1S/C11H11ClFN3/c12-9-5-15-16(6-9)7-11(14)8-1-3-10(13)4-2-8/h1-6,11H,7,14H2. The molecule has 5 heteroatoms. The first-order chi connectivity index (χ1) is 7.65. The molecule has 2 N–H and O–H groups in total. The molecule has 0 spiro atoms. The zero-order chi connectivity index (χ0) is 11.5. The summed E-state index contributed by atoms with van der Waals surface area (Å²) < 4.78 is 14.4. The molecule has 84 valence electrons. The van der Waals surface area contributed by atoms with Crippen LogP contribution in [0.3, 0.4) is 0 Å². The highest BCUT2D eigenvalue weighted by atomic mass is 35.5. The van der Waals surface area contributed by atoms with E-state index in [2.05, 4.69) is 5.10 Å². The van der Waals surface area contributed by atoms with Gasteiger partial charge in [-0.1, -0.05) is 23.7 Å². The largest absolute Gasteiger partial charge is 0.322 e. The van der Waals surface area contributed by atoms with Gasteiger partial charge in [0.25, 0.3) is 0 Å². The number of benzene rings is 1. The fourth-order valence-electron chi connectivity index (χ4n) is 1.46. The lowest BCUT2D eigenvalue weighted by molar-refractivity contribution is 0.526. The molecule has 1 unspecified atom stereocenters. The van der Waals surface area contributed by atoms with Crippen molar-refractivity contribution < 1.29 is 4.39 Å². The van der Waals surface area contributed by atoms with Gasteiger partial charge in [0.05, 0.1) is 17.8 Å². The summed E-state index contributed by atoms with van der Waals surface area (Å²) in [6, 6.07) is 5.91. The van der Waals surface area contributed by atoms with E-state index in [-0.39, 0.29) is 11.9 Å². The maximum atomic E-state index is 12.7. The van der Waals surface area contributed by atoms with Crippen molar-refractivity contribution in [3.8, 4) is 0 Å². The van der Waals surface area contributed by atoms with Crippen LogP contribution < -0.4 is 5.73 Å². The van der Waals surface area contributed by atoms with E-state index in [9.17, 15) is 4.39 Å². The second-order valence-corrected chi connectivity index (χ2v) is 3.98. The second kappa shape index (κ2) is 4.63. The van der Waals surface area contributed by atoms with Gasteiger partial charge in [-0.05, 0) is 17.7 Å². The molecule has 1 aromatic carbocycles. The number of halogens is 2. The van der Waals surface area contributed by atoms with Crippen molar-refractivity contribution in [2.45, 2.75) is 12.6 Å². The maximum absolute atomic E-state index is 12.7. The maximum Gasteiger partial charge on any atom is 0.123 e. The molecular formula is C11H11ClFN3. The van der Waals surface area contributed by atoms with Gasteiger partial charge in [0.15, 0.2) is 0 Å². The Labute approximate surface area is 97.6 Å². The molecule has 1 atom stereocenters. The van der Waals surface area contributed by atoms with Gasteiger partial charge in [0.1, 0.15) is 5.82 Å². The second-order valence-electron chi connectivity index (χ2n) is 3.54. The molecule has 0 fully saturated rings. The van der Waals surface area contributed by atoms with Crippen LogP contribution in [0.1, 0.15) is 11.6 Å². The summed E-state index contributed by atoms with van der Waals surface area (Å²) in [5.41, 5.74) is 6.83. The number of hydrogen-bond donors (Lipinski definition) is 1. The lowest BCUT2D eigenvalue weighted by Gasteiger charge is -2.11. The van der Waals surface area contributed by atoms with E-state index in [0.717, 1.165) is 5.56 Å². The number of hydrogen-bond acceptors (Lipinski definition) is 2. The number of nitrogens with zero attached hydrogens (tertiary/aromatic N) is 2. The van der Waals surface area contributed by atoms with Crippen molar-refractivity contribution in [2.75, 3.05) is 0 Å². The zero-order valence-corrected chi connectivity index (χ0v) is 9.23. The third-order valence-corrected chi connectivity index (χ3v) is 2.48. The summed E-state index contributed by atoms with van der Waals surface area (Å²) >= 11 is 5.74. The lowest BCUT2D eigenvalue weighted by Crippen LogP contribution is -2.17. The third-order valence-electron chi connectivity index (χ3n) is 2.28. The Balaban J connectivity index is 2.08. The van der Waals surface area contributed by atoms with E-state index < -0.39 is 0 Å². The Morgan fingerprint density at radius 2 is 2.06 bits per heavy atom. The highest BCUT2D eigenvalue weighted by Gasteiger charge is 2.07. The number of aromatic nitrogens is 2. The van der Waals surface area contributed by atoms with Crippen LogP contribution >= 0.6 is 11.6 Å². The molecule has 1 aromatic heterocycles. The summed E-state index contributed by atoms with van der Waals surface area (Å²) in [6.45, 7) is 0.512. The molecule has 0 aliphatic heterocycles. The predicted octanol–water partition coefficient (Wildman–Crippen LogP) is 2.38. The first kappa shape index (κ1) is 11.1. The van der Waals surface area contributed by atoms with Gasteiger partial charge < -0.3 is 5.73 Å². The Kier molecular flexibility index (Phi) is 3.22. The van der Waals surface area contributed by atoms with Crippen molar-refractivity contribution >= 4 is 11.6 Å². The van der Waals surface area contributed by atoms with E-state index in [1.165, 1.54) is 12.1 Å². The predicted molar refractivity (Wildman–Crippen MR) is 60.6 cm³/mol. The van der Waals surface area contributed by atoms with E-state index in [4.69, 9.17) is 17.3 Å². The molecule has 0 bridgehead atoms. The monoisotopic (exact) mass is 239 g/mol. The first-order valence-electron chi connectivity index (χ1n) is 4.84. The summed E-state index contributed by atoms with van der Waals surface area (Å²) in [6.07, 6.45) is 3.25. The highest BCUT2D eigenvalue weighted by molar-refractivity contribution is 6.30. The van der Waals surface area contributed by atoms with Crippen LogP contribution in [-0.2, 0) is 6.54 Å². The van der Waals surface area contributed by atoms with E-state index in [1.807, 2.05) is 0 Å². The van der Waals surface area contributed by atoms with Gasteiger partial charge in [-0.25, -0.2) is 4.39 Å². The Hall–Kier alpha value is -1.39. The van der Waals surface area contributed by atoms with Crippen molar-refractivity contribution in [1.29, 1.82) is 0 Å². The summed E-state index contributed by atoms with van der Waals surface area (Å²) in [5.74, 6) is -0.266. The molecule has 0 saturated heterocycles. The zero-order valence-electron chi connectivity index (χ0n) is 8.48. The molecule has 0 aliphatic rings.